The molecule has 5 atom stereocenters. The van der Waals surface area contributed by atoms with Crippen molar-refractivity contribution in [3.63, 3.8) is 0 Å². The number of hydrogen-bond donors (Lipinski definition) is 3. The van der Waals surface area contributed by atoms with E-state index in [4.69, 9.17) is 13.9 Å². The Morgan fingerprint density at radius 3 is 2.35 bits per heavy atom. The first kappa shape index (κ1) is 28.1. The maximum Gasteiger partial charge on any atom is 0.224 e. The Morgan fingerprint density at radius 1 is 1.00 bits per heavy atom. The van der Waals surface area contributed by atoms with Gasteiger partial charge in [0.2, 0.25) is 5.79 Å². The van der Waals surface area contributed by atoms with E-state index in [9.17, 15) is 19.7 Å². The maximum atomic E-state index is 13.3. The third kappa shape index (κ3) is 6.05. The largest absolute Gasteiger partial charge is 0.415 e. The number of aliphatic hydroxyl groups is 3. The summed E-state index contributed by atoms with van der Waals surface area (Å²) in [5.74, 6) is -1.94. The van der Waals surface area contributed by atoms with Crippen LogP contribution in [-0.4, -0.2) is 61.8 Å². The average molecular weight is 547 g/mol. The number of hydrogen-bond acceptors (Lipinski definition) is 7. The molecule has 3 N–H and O–H groups in total. The summed E-state index contributed by atoms with van der Waals surface area (Å²) in [6, 6.07) is 16.2. The highest BCUT2D eigenvalue weighted by Crippen LogP contribution is 2.40. The van der Waals surface area contributed by atoms with Crippen LogP contribution in [0.25, 0.3) is 10.4 Å². The van der Waals surface area contributed by atoms with Gasteiger partial charge in [0, 0.05) is 28.8 Å². The minimum Gasteiger partial charge on any atom is -0.415 e. The van der Waals surface area contributed by atoms with E-state index in [1.807, 2.05) is 50.8 Å². The molecule has 0 bridgehead atoms. The lowest BCUT2D eigenvalue weighted by Gasteiger charge is -2.48. The van der Waals surface area contributed by atoms with Crippen LogP contribution in [0.1, 0.15) is 21.6 Å². The first-order valence-electron chi connectivity index (χ1n) is 12.3. The predicted molar refractivity (Wildman–Crippen MR) is 145 cm³/mol. The minimum absolute atomic E-state index is 0.0753. The molecule has 4 rings (SSSR count). The fourth-order valence-electron chi connectivity index (χ4n) is 4.49. The second-order valence-corrected chi connectivity index (χ2v) is 16.1. The lowest BCUT2D eigenvalue weighted by atomic mass is 9.86. The fourth-order valence-corrected chi connectivity index (χ4v) is 6.20. The number of ether oxygens (including phenoxy) is 2. The molecule has 1 aliphatic rings. The van der Waals surface area contributed by atoms with Crippen molar-refractivity contribution in [1.29, 1.82) is 0 Å². The molecule has 0 saturated carbocycles. The molecule has 1 aliphatic heterocycles. The standard InChI is InChI=1S/C28H35FO6SSi/c1-17-6-9-20(14-19(17)15-22-12-13-24(36-22)18-7-10-21(29)11-8-18)28(33-2)27(32)26(31)25(30)23(35-28)16-34-37(3,4)5/h6-14,23,25-27,30-32H,15-16H2,1-5H3/t23-,25-,26+,27-,28?/m1/s1. The molecule has 0 aliphatic carbocycles. The monoisotopic (exact) mass is 546 g/mol. The van der Waals surface area contributed by atoms with Crippen molar-refractivity contribution >= 4 is 19.7 Å². The molecular weight excluding hydrogens is 511 g/mol. The number of methoxy groups -OCH3 is 1. The molecule has 1 aromatic heterocycles. The normalized spacial score (nSPS) is 26.4. The van der Waals surface area contributed by atoms with Gasteiger partial charge in [-0.05, 0) is 73.6 Å². The van der Waals surface area contributed by atoms with Gasteiger partial charge in [0.1, 0.15) is 30.2 Å². The number of benzene rings is 2. The molecule has 0 amide bonds. The van der Waals surface area contributed by atoms with Crippen LogP contribution < -0.4 is 0 Å². The van der Waals surface area contributed by atoms with E-state index in [1.54, 1.807) is 23.5 Å². The summed E-state index contributed by atoms with van der Waals surface area (Å²) in [6.45, 7) is 8.15. The van der Waals surface area contributed by atoms with E-state index in [2.05, 4.69) is 6.07 Å². The Morgan fingerprint density at radius 2 is 1.70 bits per heavy atom. The molecule has 2 heterocycles. The molecule has 9 heteroatoms. The first-order chi connectivity index (χ1) is 17.4. The number of aryl methyl sites for hydroxylation is 1. The second kappa shape index (κ2) is 11.0. The molecule has 200 valence electrons. The van der Waals surface area contributed by atoms with Crippen molar-refractivity contribution in [2.45, 2.75) is 63.2 Å². The third-order valence-corrected chi connectivity index (χ3v) is 8.83. The Hall–Kier alpha value is -1.95. The Labute approximate surface area is 222 Å². The molecule has 37 heavy (non-hydrogen) atoms. The zero-order chi connectivity index (χ0) is 27.0. The van der Waals surface area contributed by atoms with Gasteiger partial charge < -0.3 is 29.2 Å². The Kier molecular flexibility index (Phi) is 8.37. The molecule has 6 nitrogen and oxygen atoms in total. The molecule has 0 radical (unpaired) electrons. The van der Waals surface area contributed by atoms with Crippen LogP contribution in [0.3, 0.4) is 0 Å². The van der Waals surface area contributed by atoms with E-state index in [0.29, 0.717) is 12.0 Å². The van der Waals surface area contributed by atoms with Crippen LogP contribution in [-0.2, 0) is 26.1 Å². The number of aliphatic hydroxyl groups excluding tert-OH is 3. The number of rotatable bonds is 8. The van der Waals surface area contributed by atoms with Gasteiger partial charge in [-0.15, -0.1) is 11.3 Å². The van der Waals surface area contributed by atoms with Gasteiger partial charge in [0.25, 0.3) is 0 Å². The topological polar surface area (TPSA) is 88.4 Å². The fraction of sp³-hybridized carbons (Fsp3) is 0.429. The minimum atomic E-state index is -1.92. The third-order valence-electron chi connectivity index (χ3n) is 6.66. The molecule has 1 saturated heterocycles. The van der Waals surface area contributed by atoms with Crippen molar-refractivity contribution in [3.8, 4) is 10.4 Å². The van der Waals surface area contributed by atoms with Crippen molar-refractivity contribution in [1.82, 2.24) is 0 Å². The van der Waals surface area contributed by atoms with E-state index in [-0.39, 0.29) is 12.4 Å². The van der Waals surface area contributed by atoms with Crippen LogP contribution in [0.4, 0.5) is 4.39 Å². The molecule has 1 unspecified atom stereocenters. The van der Waals surface area contributed by atoms with Crippen molar-refractivity contribution in [2.75, 3.05) is 13.7 Å². The summed E-state index contributed by atoms with van der Waals surface area (Å²) in [4.78, 5) is 2.17. The molecule has 3 aromatic rings. The summed E-state index contributed by atoms with van der Waals surface area (Å²) in [5.41, 5.74) is 3.56. The van der Waals surface area contributed by atoms with E-state index in [1.165, 1.54) is 19.2 Å². The van der Waals surface area contributed by atoms with Crippen LogP contribution in [0.2, 0.25) is 19.6 Å². The smallest absolute Gasteiger partial charge is 0.224 e. The predicted octanol–water partition coefficient (Wildman–Crippen LogP) is 4.59. The van der Waals surface area contributed by atoms with E-state index in [0.717, 1.165) is 26.4 Å². The summed E-state index contributed by atoms with van der Waals surface area (Å²) < 4.78 is 31.2. The van der Waals surface area contributed by atoms with Crippen molar-refractivity contribution < 1.29 is 33.6 Å². The SMILES string of the molecule is COC1(c2ccc(C)c(Cc3ccc(-c4ccc(F)cc4)s3)c2)O[C@H](CO[Si](C)(C)C)[C@@H](O)[C@H](O)[C@H]1O. The Balaban J connectivity index is 1.62. The zero-order valence-electron chi connectivity index (χ0n) is 21.8. The summed E-state index contributed by atoms with van der Waals surface area (Å²) in [7, 11) is -0.510. The second-order valence-electron chi connectivity index (χ2n) is 10.5. The van der Waals surface area contributed by atoms with Gasteiger partial charge in [-0.25, -0.2) is 4.39 Å². The summed E-state index contributed by atoms with van der Waals surface area (Å²) >= 11 is 1.63. The van der Waals surface area contributed by atoms with Gasteiger partial charge in [-0.3, -0.25) is 0 Å². The first-order valence-corrected chi connectivity index (χ1v) is 16.5. The van der Waals surface area contributed by atoms with E-state index < -0.39 is 38.5 Å². The van der Waals surface area contributed by atoms with Gasteiger partial charge in [0.05, 0.1) is 6.61 Å². The molecule has 2 aromatic carbocycles. The average Bonchev–Trinajstić information content (AvgIpc) is 3.32. The van der Waals surface area contributed by atoms with Gasteiger partial charge >= 0.3 is 0 Å². The number of halogens is 1. The van der Waals surface area contributed by atoms with Crippen molar-refractivity contribution in [3.05, 3.63) is 82.0 Å². The van der Waals surface area contributed by atoms with Crippen LogP contribution in [0.15, 0.2) is 54.6 Å². The number of thiophene rings is 1. The lowest BCUT2D eigenvalue weighted by Crippen LogP contribution is -2.64. The van der Waals surface area contributed by atoms with Crippen molar-refractivity contribution in [2.24, 2.45) is 0 Å². The highest BCUT2D eigenvalue weighted by Gasteiger charge is 2.55. The van der Waals surface area contributed by atoms with Crippen LogP contribution >= 0.6 is 11.3 Å². The summed E-state index contributed by atoms with van der Waals surface area (Å²) in [6.07, 6.45) is -4.57. The lowest BCUT2D eigenvalue weighted by molar-refractivity contribution is -0.365. The van der Waals surface area contributed by atoms with Crippen LogP contribution in [0.5, 0.6) is 0 Å². The molecule has 1 fully saturated rings. The maximum absolute atomic E-state index is 13.3. The van der Waals surface area contributed by atoms with Crippen LogP contribution in [0, 0.1) is 12.7 Å². The van der Waals surface area contributed by atoms with E-state index >= 15 is 0 Å². The van der Waals surface area contributed by atoms with Gasteiger partial charge in [-0.1, -0.05) is 24.3 Å². The highest BCUT2D eigenvalue weighted by atomic mass is 32.1. The molecular formula is C28H35FO6SSi. The molecule has 0 spiro atoms. The van der Waals surface area contributed by atoms with Gasteiger partial charge in [0.15, 0.2) is 8.32 Å². The highest BCUT2D eigenvalue weighted by molar-refractivity contribution is 7.15. The Bertz CT molecular complexity index is 1210. The van der Waals surface area contributed by atoms with Gasteiger partial charge in [-0.2, -0.15) is 0 Å². The zero-order valence-corrected chi connectivity index (χ0v) is 23.6. The quantitative estimate of drug-likeness (QED) is 0.359. The summed E-state index contributed by atoms with van der Waals surface area (Å²) in [5, 5.41) is 32.4.